The molecule has 0 radical (unpaired) electrons. The molecular weight excluding hydrogens is 1130 g/mol. The normalized spacial score (nSPS) is 14.6. The molecule has 3 N–H and O–H groups in total. The van der Waals surface area contributed by atoms with Crippen molar-refractivity contribution >= 4 is 39.5 Å². The second kappa shape index (κ2) is 58.4. The molecule has 0 fully saturated rings. The lowest BCUT2D eigenvalue weighted by Crippen LogP contribution is -2.30. The lowest BCUT2D eigenvalue weighted by Gasteiger charge is -2.21. The SMILES string of the molecule is CCCCCCCCCCCCCCCCCCC(=O)O[C@H](COC(=O)CCCCCCCCCCCCC(C)CC)COP(=O)(O)OC[C@@H](O)COP(=O)(O)OC[C@@H](COC(=O)CCCCCCC)OC(=O)CCCCCCCCCC(C)C. The molecule has 0 amide bonds. The first-order valence-corrected chi connectivity index (χ1v) is 37.5. The predicted octanol–water partition coefficient (Wildman–Crippen LogP) is 18.4. The minimum absolute atomic E-state index is 0.102. The molecule has 0 aliphatic heterocycles. The van der Waals surface area contributed by atoms with Crippen LogP contribution in [0.25, 0.3) is 0 Å². The monoisotopic (exact) mass is 1250 g/mol. The van der Waals surface area contributed by atoms with E-state index in [1.807, 2.05) is 0 Å². The van der Waals surface area contributed by atoms with E-state index < -0.39 is 97.5 Å². The molecule has 0 spiro atoms. The van der Waals surface area contributed by atoms with Crippen LogP contribution in [0.2, 0.25) is 0 Å². The highest BCUT2D eigenvalue weighted by molar-refractivity contribution is 7.47. The first kappa shape index (κ1) is 83.1. The summed E-state index contributed by atoms with van der Waals surface area (Å²) in [5, 5.41) is 10.5. The van der Waals surface area contributed by atoms with Gasteiger partial charge in [0.15, 0.2) is 12.2 Å². The van der Waals surface area contributed by atoms with E-state index in [4.69, 9.17) is 37.0 Å². The Morgan fingerprint density at radius 1 is 0.341 bits per heavy atom. The summed E-state index contributed by atoms with van der Waals surface area (Å²) in [5.41, 5.74) is 0. The zero-order chi connectivity index (χ0) is 62.9. The summed E-state index contributed by atoms with van der Waals surface area (Å²) >= 11 is 0. The summed E-state index contributed by atoms with van der Waals surface area (Å²) < 4.78 is 67.9. The molecule has 17 nitrogen and oxygen atoms in total. The van der Waals surface area contributed by atoms with Crippen molar-refractivity contribution in [1.29, 1.82) is 0 Å². The molecule has 504 valence electrons. The fraction of sp³-hybridized carbons (Fsp3) is 0.939. The third kappa shape index (κ3) is 59.5. The average molecular weight is 1260 g/mol. The van der Waals surface area contributed by atoms with Crippen LogP contribution in [0.1, 0.15) is 330 Å². The lowest BCUT2D eigenvalue weighted by molar-refractivity contribution is -0.161. The van der Waals surface area contributed by atoms with Gasteiger partial charge in [0.25, 0.3) is 0 Å². The third-order valence-corrected chi connectivity index (χ3v) is 17.5. The Balaban J connectivity index is 5.17. The quantitative estimate of drug-likeness (QED) is 0.0222. The van der Waals surface area contributed by atoms with Crippen LogP contribution in [-0.4, -0.2) is 96.7 Å². The van der Waals surface area contributed by atoms with Gasteiger partial charge in [0.1, 0.15) is 19.3 Å². The van der Waals surface area contributed by atoms with Crippen LogP contribution in [-0.2, 0) is 65.4 Å². The van der Waals surface area contributed by atoms with E-state index >= 15 is 0 Å². The van der Waals surface area contributed by atoms with Crippen molar-refractivity contribution in [2.75, 3.05) is 39.6 Å². The van der Waals surface area contributed by atoms with E-state index in [2.05, 4.69) is 41.5 Å². The Bertz CT molecular complexity index is 1670. The van der Waals surface area contributed by atoms with E-state index in [0.29, 0.717) is 31.6 Å². The van der Waals surface area contributed by atoms with Gasteiger partial charge in [-0.15, -0.1) is 0 Å². The molecule has 0 heterocycles. The molecule has 0 aliphatic carbocycles. The number of carbonyl (C=O) groups is 4. The second-order valence-electron chi connectivity index (χ2n) is 24.6. The van der Waals surface area contributed by atoms with Crippen molar-refractivity contribution in [3.05, 3.63) is 0 Å². The standard InChI is InChI=1S/C66H128O17P2/c1-7-10-12-14-15-16-17-18-19-20-21-22-27-32-38-44-50-65(70)83-62(55-77-64(69)49-43-37-31-26-24-23-25-30-36-41-47-59(6)9-3)57-81-85(74,75)79-53-60(67)52-78-84(72,73)80-56-61(54-76-63(68)48-42-34-13-11-8-2)82-66(71)51-45-39-33-28-29-35-40-46-58(4)5/h58-62,67H,7-57H2,1-6H3,(H,72,73)(H,74,75)/t59?,60-,61+,62+/m0/s1. The van der Waals surface area contributed by atoms with Crippen LogP contribution < -0.4 is 0 Å². The van der Waals surface area contributed by atoms with E-state index in [0.717, 1.165) is 102 Å². The number of aliphatic hydroxyl groups excluding tert-OH is 1. The first-order chi connectivity index (χ1) is 40.9. The van der Waals surface area contributed by atoms with Gasteiger partial charge in [0, 0.05) is 25.7 Å². The number of hydrogen-bond donors (Lipinski definition) is 3. The highest BCUT2D eigenvalue weighted by Crippen LogP contribution is 2.45. The summed E-state index contributed by atoms with van der Waals surface area (Å²) in [4.78, 5) is 72.1. The number of hydrogen-bond acceptors (Lipinski definition) is 15. The molecule has 6 atom stereocenters. The Kier molecular flexibility index (Phi) is 57.1. The van der Waals surface area contributed by atoms with Gasteiger partial charge in [-0.25, -0.2) is 9.13 Å². The van der Waals surface area contributed by atoms with Gasteiger partial charge in [-0.3, -0.25) is 37.3 Å². The number of esters is 4. The minimum atomic E-state index is -4.95. The molecule has 19 heteroatoms. The molecule has 0 aromatic rings. The highest BCUT2D eigenvalue weighted by atomic mass is 31.2. The van der Waals surface area contributed by atoms with E-state index in [1.165, 1.54) is 141 Å². The van der Waals surface area contributed by atoms with E-state index in [1.54, 1.807) is 0 Å². The smallest absolute Gasteiger partial charge is 0.462 e. The van der Waals surface area contributed by atoms with Crippen LogP contribution >= 0.6 is 15.6 Å². The molecule has 85 heavy (non-hydrogen) atoms. The maximum absolute atomic E-state index is 13.0. The molecule has 0 aromatic carbocycles. The summed E-state index contributed by atoms with van der Waals surface area (Å²) in [6, 6.07) is 0. The maximum Gasteiger partial charge on any atom is 0.472 e. The zero-order valence-electron chi connectivity index (χ0n) is 54.9. The number of ether oxygens (including phenoxy) is 4. The molecule has 0 rings (SSSR count). The number of rotatable bonds is 65. The molecular formula is C66H128O17P2. The van der Waals surface area contributed by atoms with Gasteiger partial charge in [-0.1, -0.05) is 279 Å². The van der Waals surface area contributed by atoms with Gasteiger partial charge >= 0.3 is 39.5 Å². The number of unbranched alkanes of at least 4 members (excludes halogenated alkanes) is 34. The second-order valence-corrected chi connectivity index (χ2v) is 27.5. The van der Waals surface area contributed by atoms with Gasteiger partial charge in [-0.05, 0) is 37.5 Å². The molecule has 0 aliphatic rings. The van der Waals surface area contributed by atoms with Crippen molar-refractivity contribution < 1.29 is 80.2 Å². The average Bonchev–Trinajstić information content (AvgIpc) is 3.50. The highest BCUT2D eigenvalue weighted by Gasteiger charge is 2.30. The Morgan fingerprint density at radius 2 is 0.600 bits per heavy atom. The number of phosphoric acid groups is 2. The van der Waals surface area contributed by atoms with Crippen molar-refractivity contribution in [1.82, 2.24) is 0 Å². The topological polar surface area (TPSA) is 237 Å². The predicted molar refractivity (Wildman–Crippen MR) is 340 cm³/mol. The number of carbonyl (C=O) groups excluding carboxylic acids is 4. The number of phosphoric ester groups is 2. The van der Waals surface area contributed by atoms with Gasteiger partial charge in [0.05, 0.1) is 26.4 Å². The largest absolute Gasteiger partial charge is 0.472 e. The van der Waals surface area contributed by atoms with Crippen molar-refractivity contribution in [3.8, 4) is 0 Å². The van der Waals surface area contributed by atoms with Gasteiger partial charge < -0.3 is 33.8 Å². The van der Waals surface area contributed by atoms with Crippen molar-refractivity contribution in [2.24, 2.45) is 11.8 Å². The summed E-state index contributed by atoms with van der Waals surface area (Å²) in [6.45, 7) is 9.39. The minimum Gasteiger partial charge on any atom is -0.462 e. The Hall–Kier alpha value is -1.94. The lowest BCUT2D eigenvalue weighted by atomic mass is 9.99. The van der Waals surface area contributed by atoms with E-state index in [-0.39, 0.29) is 25.7 Å². The molecule has 0 aromatic heterocycles. The van der Waals surface area contributed by atoms with Crippen LogP contribution in [0.15, 0.2) is 0 Å². The molecule has 0 saturated heterocycles. The Morgan fingerprint density at radius 3 is 0.894 bits per heavy atom. The van der Waals surface area contributed by atoms with Crippen molar-refractivity contribution in [2.45, 2.75) is 349 Å². The van der Waals surface area contributed by atoms with Gasteiger partial charge in [-0.2, -0.15) is 0 Å². The van der Waals surface area contributed by atoms with Crippen molar-refractivity contribution in [3.63, 3.8) is 0 Å². The molecule has 0 saturated carbocycles. The summed E-state index contributed by atoms with van der Waals surface area (Å²) in [7, 11) is -9.88. The zero-order valence-corrected chi connectivity index (χ0v) is 56.7. The van der Waals surface area contributed by atoms with Crippen LogP contribution in [0.4, 0.5) is 0 Å². The summed E-state index contributed by atoms with van der Waals surface area (Å²) in [6.07, 6.45) is 42.1. The van der Waals surface area contributed by atoms with Gasteiger partial charge in [0.2, 0.25) is 0 Å². The fourth-order valence-corrected chi connectivity index (χ4v) is 11.4. The number of aliphatic hydroxyl groups is 1. The Labute approximate surface area is 517 Å². The van der Waals surface area contributed by atoms with Crippen LogP contribution in [0.5, 0.6) is 0 Å². The third-order valence-electron chi connectivity index (χ3n) is 15.6. The van der Waals surface area contributed by atoms with E-state index in [9.17, 15) is 43.2 Å². The van der Waals surface area contributed by atoms with Crippen LogP contribution in [0.3, 0.4) is 0 Å². The first-order valence-electron chi connectivity index (χ1n) is 34.5. The molecule has 3 unspecified atom stereocenters. The van der Waals surface area contributed by atoms with Crippen LogP contribution in [0, 0.1) is 11.8 Å². The maximum atomic E-state index is 13.0. The molecule has 0 bridgehead atoms. The fourth-order valence-electron chi connectivity index (χ4n) is 9.85. The summed E-state index contributed by atoms with van der Waals surface area (Å²) in [5.74, 6) is -0.637.